The van der Waals surface area contributed by atoms with E-state index < -0.39 is 0 Å². The van der Waals surface area contributed by atoms with Crippen molar-refractivity contribution in [2.24, 2.45) is 17.8 Å². The Kier molecular flexibility index (Phi) is 2.94. The molecule has 1 aliphatic carbocycles. The van der Waals surface area contributed by atoms with Gasteiger partial charge < -0.3 is 5.11 Å². The zero-order valence-electron chi connectivity index (χ0n) is 7.88. The van der Waals surface area contributed by atoms with Gasteiger partial charge in [0.1, 0.15) is 0 Å². The van der Waals surface area contributed by atoms with E-state index in [0.717, 1.165) is 18.3 Å². The van der Waals surface area contributed by atoms with Crippen molar-refractivity contribution in [1.82, 2.24) is 0 Å². The zero-order valence-corrected chi connectivity index (χ0v) is 7.88. The average Bonchev–Trinajstić information content (AvgIpc) is 1.94. The summed E-state index contributed by atoms with van der Waals surface area (Å²) >= 11 is 0. The van der Waals surface area contributed by atoms with E-state index in [1.165, 1.54) is 12.8 Å². The minimum atomic E-state index is -0.0313. The van der Waals surface area contributed by atoms with Crippen molar-refractivity contribution in [3.05, 3.63) is 0 Å². The lowest BCUT2D eigenvalue weighted by Gasteiger charge is -2.33. The number of rotatable bonds is 1. The van der Waals surface area contributed by atoms with Crippen LogP contribution in [-0.4, -0.2) is 11.2 Å². The van der Waals surface area contributed by atoms with Crippen LogP contribution in [0.25, 0.3) is 0 Å². The van der Waals surface area contributed by atoms with E-state index in [-0.39, 0.29) is 6.10 Å². The maximum absolute atomic E-state index is 9.60. The van der Waals surface area contributed by atoms with Gasteiger partial charge in [0.25, 0.3) is 0 Å². The molecule has 1 fully saturated rings. The van der Waals surface area contributed by atoms with Crippen LogP contribution in [-0.2, 0) is 0 Å². The highest BCUT2D eigenvalue weighted by Gasteiger charge is 2.27. The second-order valence-corrected chi connectivity index (χ2v) is 4.36. The molecule has 1 heteroatoms. The Morgan fingerprint density at radius 2 is 1.91 bits per heavy atom. The van der Waals surface area contributed by atoms with Gasteiger partial charge in [0.2, 0.25) is 0 Å². The minimum Gasteiger partial charge on any atom is -0.393 e. The van der Waals surface area contributed by atoms with Crippen molar-refractivity contribution in [2.45, 2.75) is 46.1 Å². The number of hydrogen-bond donors (Lipinski definition) is 1. The van der Waals surface area contributed by atoms with Crippen molar-refractivity contribution < 1.29 is 5.11 Å². The lowest BCUT2D eigenvalue weighted by atomic mass is 9.76. The van der Waals surface area contributed by atoms with E-state index in [0.29, 0.717) is 5.92 Å². The lowest BCUT2D eigenvalue weighted by Crippen LogP contribution is -2.29. The van der Waals surface area contributed by atoms with Crippen molar-refractivity contribution in [2.75, 3.05) is 0 Å². The number of aliphatic hydroxyl groups excluding tert-OH is 1. The summed E-state index contributed by atoms with van der Waals surface area (Å²) in [4.78, 5) is 0. The van der Waals surface area contributed by atoms with E-state index in [1.807, 2.05) is 0 Å². The highest BCUT2D eigenvalue weighted by molar-refractivity contribution is 4.78. The van der Waals surface area contributed by atoms with Gasteiger partial charge in [-0.3, -0.25) is 0 Å². The fraction of sp³-hybridized carbons (Fsp3) is 1.00. The van der Waals surface area contributed by atoms with Gasteiger partial charge >= 0.3 is 0 Å². The van der Waals surface area contributed by atoms with Gasteiger partial charge in [0.15, 0.2) is 0 Å². The third-order valence-corrected chi connectivity index (χ3v) is 3.14. The van der Waals surface area contributed by atoms with Crippen LogP contribution in [0.15, 0.2) is 0 Å². The predicted molar refractivity (Wildman–Crippen MR) is 47.3 cm³/mol. The first-order chi connectivity index (χ1) is 5.11. The number of aliphatic hydroxyl groups is 1. The average molecular weight is 156 g/mol. The van der Waals surface area contributed by atoms with Crippen LogP contribution < -0.4 is 0 Å². The minimum absolute atomic E-state index is 0.0313. The highest BCUT2D eigenvalue weighted by Crippen LogP contribution is 2.32. The summed E-state index contributed by atoms with van der Waals surface area (Å²) in [6.45, 7) is 6.67. The van der Waals surface area contributed by atoms with Gasteiger partial charge in [-0.05, 0) is 37.0 Å². The maximum atomic E-state index is 9.60. The molecule has 0 aliphatic heterocycles. The summed E-state index contributed by atoms with van der Waals surface area (Å²) in [5, 5.41) is 9.60. The van der Waals surface area contributed by atoms with Gasteiger partial charge in [-0.2, -0.15) is 0 Å². The molecule has 0 amide bonds. The Bertz CT molecular complexity index is 120. The summed E-state index contributed by atoms with van der Waals surface area (Å²) in [5.41, 5.74) is 0. The van der Waals surface area contributed by atoms with E-state index in [4.69, 9.17) is 0 Å². The fourth-order valence-corrected chi connectivity index (χ4v) is 1.94. The smallest absolute Gasteiger partial charge is 0.0568 e. The van der Waals surface area contributed by atoms with E-state index in [9.17, 15) is 5.11 Å². The van der Waals surface area contributed by atoms with Gasteiger partial charge in [0, 0.05) is 0 Å². The molecule has 3 atom stereocenters. The van der Waals surface area contributed by atoms with Gasteiger partial charge in [-0.15, -0.1) is 0 Å². The third-order valence-electron chi connectivity index (χ3n) is 3.14. The molecule has 0 unspecified atom stereocenters. The summed E-state index contributed by atoms with van der Waals surface area (Å²) in [5.74, 6) is 2.04. The van der Waals surface area contributed by atoms with Crippen LogP contribution in [0.4, 0.5) is 0 Å². The summed E-state index contributed by atoms with van der Waals surface area (Å²) in [6.07, 6.45) is 3.52. The second-order valence-electron chi connectivity index (χ2n) is 4.36. The van der Waals surface area contributed by atoms with Crippen LogP contribution in [0, 0.1) is 17.8 Å². The van der Waals surface area contributed by atoms with Crippen LogP contribution in [0.2, 0.25) is 0 Å². The molecule has 0 heterocycles. The molecule has 1 saturated carbocycles. The lowest BCUT2D eigenvalue weighted by molar-refractivity contribution is 0.0410. The maximum Gasteiger partial charge on any atom is 0.0568 e. The van der Waals surface area contributed by atoms with Crippen LogP contribution in [0.5, 0.6) is 0 Å². The quantitative estimate of drug-likeness (QED) is 0.618. The first-order valence-electron chi connectivity index (χ1n) is 4.79. The third kappa shape index (κ3) is 2.19. The molecule has 0 bridgehead atoms. The molecule has 1 aliphatic rings. The Morgan fingerprint density at radius 3 is 2.36 bits per heavy atom. The Labute approximate surface area is 69.8 Å². The topological polar surface area (TPSA) is 20.2 Å². The zero-order chi connectivity index (χ0) is 8.43. The predicted octanol–water partition coefficient (Wildman–Crippen LogP) is 2.44. The molecule has 0 aromatic rings. The Balaban J connectivity index is 2.40. The van der Waals surface area contributed by atoms with Crippen molar-refractivity contribution in [1.29, 1.82) is 0 Å². The molecule has 0 aromatic heterocycles. The Hall–Kier alpha value is -0.0400. The monoisotopic (exact) mass is 156 g/mol. The molecule has 66 valence electrons. The summed E-state index contributed by atoms with van der Waals surface area (Å²) < 4.78 is 0. The first kappa shape index (κ1) is 9.05. The molecule has 1 N–H and O–H groups in total. The van der Waals surface area contributed by atoms with Crippen molar-refractivity contribution >= 4 is 0 Å². The molecule has 1 nitrogen and oxygen atoms in total. The molecular weight excluding hydrogens is 136 g/mol. The van der Waals surface area contributed by atoms with Crippen LogP contribution in [0.1, 0.15) is 40.0 Å². The van der Waals surface area contributed by atoms with E-state index in [1.54, 1.807) is 0 Å². The van der Waals surface area contributed by atoms with Crippen LogP contribution >= 0.6 is 0 Å². The molecule has 1 rings (SSSR count). The first-order valence-corrected chi connectivity index (χ1v) is 4.79. The molecule has 0 aromatic carbocycles. The highest BCUT2D eigenvalue weighted by atomic mass is 16.3. The Morgan fingerprint density at radius 1 is 1.27 bits per heavy atom. The molecule has 0 spiro atoms. The number of hydrogen-bond acceptors (Lipinski definition) is 1. The van der Waals surface area contributed by atoms with E-state index >= 15 is 0 Å². The van der Waals surface area contributed by atoms with Gasteiger partial charge in [-0.1, -0.05) is 20.8 Å². The summed E-state index contributed by atoms with van der Waals surface area (Å²) in [7, 11) is 0. The molecule has 0 saturated heterocycles. The second kappa shape index (κ2) is 3.57. The normalized spacial score (nSPS) is 39.5. The SMILES string of the molecule is CC(C)[C@H]1CC[C@@H](C)[C@@H](O)C1. The van der Waals surface area contributed by atoms with E-state index in [2.05, 4.69) is 20.8 Å². The van der Waals surface area contributed by atoms with Crippen molar-refractivity contribution in [3.63, 3.8) is 0 Å². The van der Waals surface area contributed by atoms with Gasteiger partial charge in [-0.25, -0.2) is 0 Å². The summed E-state index contributed by atoms with van der Waals surface area (Å²) in [6, 6.07) is 0. The molecule has 0 radical (unpaired) electrons. The van der Waals surface area contributed by atoms with Crippen molar-refractivity contribution in [3.8, 4) is 0 Å². The molecular formula is C10H20O. The largest absolute Gasteiger partial charge is 0.393 e. The van der Waals surface area contributed by atoms with Gasteiger partial charge in [0.05, 0.1) is 6.10 Å². The van der Waals surface area contributed by atoms with Crippen LogP contribution in [0.3, 0.4) is 0 Å². The molecule has 11 heavy (non-hydrogen) atoms. The standard InChI is InChI=1S/C10H20O/c1-7(2)9-5-4-8(3)10(11)6-9/h7-11H,4-6H2,1-3H3/t8-,9+,10+/m1/s1. The fourth-order valence-electron chi connectivity index (χ4n) is 1.94.